The molecule has 1 aromatic heterocycles. The number of nitrogens with one attached hydrogen (secondary N) is 2. The van der Waals surface area contributed by atoms with Gasteiger partial charge in [-0.15, -0.1) is 11.3 Å². The lowest BCUT2D eigenvalue weighted by atomic mass is 10.2. The van der Waals surface area contributed by atoms with Crippen molar-refractivity contribution in [3.63, 3.8) is 0 Å². The van der Waals surface area contributed by atoms with Crippen LogP contribution in [0.4, 0.5) is 5.69 Å². The molecule has 3 N–H and O–H groups in total. The van der Waals surface area contributed by atoms with Gasteiger partial charge in [-0.2, -0.15) is 0 Å². The molecule has 0 unspecified atom stereocenters. The van der Waals surface area contributed by atoms with Gasteiger partial charge in [-0.3, -0.25) is 4.79 Å². The molecule has 20 heavy (non-hydrogen) atoms. The number of benzene rings is 1. The van der Waals surface area contributed by atoms with E-state index in [9.17, 15) is 4.79 Å². The Morgan fingerprint density at radius 1 is 1.35 bits per heavy atom. The largest absolute Gasteiger partial charge is 0.395 e. The number of hydrogen-bond donors (Lipinski definition) is 3. The second-order valence-electron chi connectivity index (χ2n) is 4.29. The van der Waals surface area contributed by atoms with Gasteiger partial charge in [0, 0.05) is 28.9 Å². The first-order valence-electron chi connectivity index (χ1n) is 6.33. The van der Waals surface area contributed by atoms with E-state index in [0.29, 0.717) is 12.1 Å². The SMILES string of the molecule is Cc1csc(CNc2ccc(C(=O)NCCO)cc2)n1. The number of aryl methyl sites for hydroxylation is 1. The maximum Gasteiger partial charge on any atom is 0.251 e. The summed E-state index contributed by atoms with van der Waals surface area (Å²) in [4.78, 5) is 16.0. The standard InChI is InChI=1S/C14H17N3O2S/c1-10-9-20-13(17-10)8-16-12-4-2-11(3-5-12)14(19)15-6-7-18/h2-5,9,16,18H,6-8H2,1H3,(H,15,19). The molecule has 0 aliphatic carbocycles. The summed E-state index contributed by atoms with van der Waals surface area (Å²) in [5.74, 6) is -0.179. The Labute approximate surface area is 121 Å². The molecule has 6 heteroatoms. The quantitative estimate of drug-likeness (QED) is 0.758. The minimum absolute atomic E-state index is 0.0569. The molecule has 1 heterocycles. The number of amides is 1. The molecule has 0 spiro atoms. The van der Waals surface area contributed by atoms with Gasteiger partial charge in [0.2, 0.25) is 0 Å². The molecule has 0 aliphatic rings. The highest BCUT2D eigenvalue weighted by molar-refractivity contribution is 7.09. The van der Waals surface area contributed by atoms with Gasteiger partial charge in [-0.25, -0.2) is 4.98 Å². The molecule has 0 radical (unpaired) electrons. The van der Waals surface area contributed by atoms with Crippen molar-refractivity contribution in [3.05, 3.63) is 45.9 Å². The molecule has 0 saturated heterocycles. The molecule has 0 aliphatic heterocycles. The van der Waals surface area contributed by atoms with Gasteiger partial charge < -0.3 is 15.7 Å². The molecule has 0 atom stereocenters. The van der Waals surface area contributed by atoms with E-state index in [0.717, 1.165) is 16.4 Å². The van der Waals surface area contributed by atoms with Crippen LogP contribution in [-0.2, 0) is 6.54 Å². The van der Waals surface area contributed by atoms with E-state index in [-0.39, 0.29) is 19.1 Å². The van der Waals surface area contributed by atoms with Gasteiger partial charge >= 0.3 is 0 Å². The summed E-state index contributed by atoms with van der Waals surface area (Å²) in [5, 5.41) is 17.6. The van der Waals surface area contributed by atoms with E-state index in [4.69, 9.17) is 5.11 Å². The van der Waals surface area contributed by atoms with Crippen LogP contribution in [0.25, 0.3) is 0 Å². The van der Waals surface area contributed by atoms with Crippen molar-refractivity contribution < 1.29 is 9.90 Å². The third-order valence-corrected chi connectivity index (χ3v) is 3.62. The summed E-state index contributed by atoms with van der Waals surface area (Å²) in [7, 11) is 0. The second kappa shape index (κ2) is 7.02. The van der Waals surface area contributed by atoms with Crippen molar-refractivity contribution in [2.45, 2.75) is 13.5 Å². The Morgan fingerprint density at radius 3 is 2.70 bits per heavy atom. The average molecular weight is 291 g/mol. The van der Waals surface area contributed by atoms with E-state index in [1.165, 1.54) is 0 Å². The molecular formula is C14H17N3O2S. The lowest BCUT2D eigenvalue weighted by molar-refractivity contribution is 0.0945. The van der Waals surface area contributed by atoms with E-state index >= 15 is 0 Å². The zero-order chi connectivity index (χ0) is 14.4. The van der Waals surface area contributed by atoms with E-state index < -0.39 is 0 Å². The summed E-state index contributed by atoms with van der Waals surface area (Å²) in [6, 6.07) is 7.22. The molecule has 5 nitrogen and oxygen atoms in total. The second-order valence-corrected chi connectivity index (χ2v) is 5.24. The average Bonchev–Trinajstić information content (AvgIpc) is 2.89. The highest BCUT2D eigenvalue weighted by atomic mass is 32.1. The Kier molecular flexibility index (Phi) is 5.09. The van der Waals surface area contributed by atoms with Crippen LogP contribution < -0.4 is 10.6 Å². The Morgan fingerprint density at radius 2 is 2.10 bits per heavy atom. The third-order valence-electron chi connectivity index (χ3n) is 2.65. The summed E-state index contributed by atoms with van der Waals surface area (Å²) < 4.78 is 0. The minimum atomic E-state index is -0.179. The Hall–Kier alpha value is -1.92. The van der Waals surface area contributed by atoms with Crippen LogP contribution in [0.5, 0.6) is 0 Å². The number of carbonyl (C=O) groups excluding carboxylic acids is 1. The molecule has 106 valence electrons. The minimum Gasteiger partial charge on any atom is -0.395 e. The number of aliphatic hydroxyl groups excluding tert-OH is 1. The monoisotopic (exact) mass is 291 g/mol. The zero-order valence-electron chi connectivity index (χ0n) is 11.2. The van der Waals surface area contributed by atoms with Crippen molar-refractivity contribution >= 4 is 22.9 Å². The fourth-order valence-electron chi connectivity index (χ4n) is 1.67. The summed E-state index contributed by atoms with van der Waals surface area (Å²) >= 11 is 1.62. The van der Waals surface area contributed by atoms with E-state index in [1.54, 1.807) is 23.5 Å². The zero-order valence-corrected chi connectivity index (χ0v) is 12.0. The van der Waals surface area contributed by atoms with Crippen molar-refractivity contribution in [1.29, 1.82) is 0 Å². The van der Waals surface area contributed by atoms with Crippen LogP contribution >= 0.6 is 11.3 Å². The predicted molar refractivity (Wildman–Crippen MR) is 80.0 cm³/mol. The first-order valence-corrected chi connectivity index (χ1v) is 7.21. The van der Waals surface area contributed by atoms with Crippen molar-refractivity contribution in [1.82, 2.24) is 10.3 Å². The van der Waals surface area contributed by atoms with Gasteiger partial charge in [0.1, 0.15) is 5.01 Å². The normalized spacial score (nSPS) is 10.3. The first kappa shape index (κ1) is 14.5. The molecular weight excluding hydrogens is 274 g/mol. The lowest BCUT2D eigenvalue weighted by Gasteiger charge is -2.06. The molecule has 2 rings (SSSR count). The van der Waals surface area contributed by atoms with Gasteiger partial charge in [0.15, 0.2) is 0 Å². The van der Waals surface area contributed by atoms with Crippen molar-refractivity contribution in [3.8, 4) is 0 Å². The number of hydrogen-bond acceptors (Lipinski definition) is 5. The van der Waals surface area contributed by atoms with Gasteiger partial charge in [-0.05, 0) is 31.2 Å². The summed E-state index contributed by atoms with van der Waals surface area (Å²) in [6.45, 7) is 2.86. The van der Waals surface area contributed by atoms with Crippen LogP contribution in [-0.4, -0.2) is 29.1 Å². The Bertz CT molecular complexity index is 566. The number of aliphatic hydroxyl groups is 1. The molecule has 0 fully saturated rings. The maximum absolute atomic E-state index is 11.6. The molecule has 1 amide bonds. The van der Waals surface area contributed by atoms with E-state index in [2.05, 4.69) is 15.6 Å². The van der Waals surface area contributed by atoms with Crippen LogP contribution in [0.2, 0.25) is 0 Å². The number of carbonyl (C=O) groups is 1. The van der Waals surface area contributed by atoms with Gasteiger partial charge in [-0.1, -0.05) is 0 Å². The van der Waals surface area contributed by atoms with Crippen LogP contribution in [0.1, 0.15) is 21.1 Å². The molecule has 2 aromatic rings. The smallest absolute Gasteiger partial charge is 0.251 e. The Balaban J connectivity index is 1.89. The third kappa shape index (κ3) is 4.04. The fraction of sp³-hybridized carbons (Fsp3) is 0.286. The highest BCUT2D eigenvalue weighted by Crippen LogP contribution is 2.13. The molecule has 0 saturated carbocycles. The number of thiazole rings is 1. The highest BCUT2D eigenvalue weighted by Gasteiger charge is 2.04. The van der Waals surface area contributed by atoms with Crippen LogP contribution in [0.15, 0.2) is 29.6 Å². The van der Waals surface area contributed by atoms with Gasteiger partial charge in [0.25, 0.3) is 5.91 Å². The number of rotatable bonds is 6. The topological polar surface area (TPSA) is 74.2 Å². The van der Waals surface area contributed by atoms with Crippen LogP contribution in [0, 0.1) is 6.92 Å². The van der Waals surface area contributed by atoms with Crippen molar-refractivity contribution in [2.75, 3.05) is 18.5 Å². The number of nitrogens with zero attached hydrogens (tertiary/aromatic N) is 1. The maximum atomic E-state index is 11.6. The predicted octanol–water partition coefficient (Wildman–Crippen LogP) is 1.79. The molecule has 1 aromatic carbocycles. The summed E-state index contributed by atoms with van der Waals surface area (Å²) in [5.41, 5.74) is 2.55. The number of anilines is 1. The fourth-order valence-corrected chi connectivity index (χ4v) is 2.38. The van der Waals surface area contributed by atoms with Crippen LogP contribution in [0.3, 0.4) is 0 Å². The summed E-state index contributed by atoms with van der Waals surface area (Å²) in [6.07, 6.45) is 0. The van der Waals surface area contributed by atoms with Crippen molar-refractivity contribution in [2.24, 2.45) is 0 Å². The molecule has 0 bridgehead atoms. The number of aromatic nitrogens is 1. The van der Waals surface area contributed by atoms with E-state index in [1.807, 2.05) is 24.4 Å². The lowest BCUT2D eigenvalue weighted by Crippen LogP contribution is -2.26. The first-order chi connectivity index (χ1) is 9.69. The van der Waals surface area contributed by atoms with Gasteiger partial charge in [0.05, 0.1) is 13.2 Å².